The van der Waals surface area contributed by atoms with Gasteiger partial charge in [-0.15, -0.1) is 0 Å². The number of hydrogen-bond donors (Lipinski definition) is 0. The molecule has 106 valence electrons. The van der Waals surface area contributed by atoms with Crippen molar-refractivity contribution in [3.63, 3.8) is 0 Å². The summed E-state index contributed by atoms with van der Waals surface area (Å²) in [6.45, 7) is 4.10. The van der Waals surface area contributed by atoms with Gasteiger partial charge in [0.2, 0.25) is 5.78 Å². The van der Waals surface area contributed by atoms with E-state index in [1.165, 1.54) is 12.2 Å². The van der Waals surface area contributed by atoms with E-state index in [1.807, 2.05) is 13.0 Å². The molecule has 0 saturated carbocycles. The van der Waals surface area contributed by atoms with E-state index in [4.69, 9.17) is 0 Å². The first-order chi connectivity index (χ1) is 8.77. The number of rotatable bonds is 7. The highest BCUT2D eigenvalue weighted by Gasteiger charge is 2.38. The van der Waals surface area contributed by atoms with Gasteiger partial charge in [0.25, 0.3) is 0 Å². The molecule has 0 spiro atoms. The number of carbonyl (C=O) groups excluding carboxylic acids is 2. The molecule has 0 rings (SSSR count). The van der Waals surface area contributed by atoms with E-state index in [-0.39, 0.29) is 0 Å². The number of carbonyl (C=O) groups is 2. The summed E-state index contributed by atoms with van der Waals surface area (Å²) < 4.78 is 35.6. The largest absolute Gasteiger partial charge is 0.450 e. The molecule has 0 radical (unpaired) electrons. The third-order valence-corrected chi connectivity index (χ3v) is 2.35. The van der Waals surface area contributed by atoms with Crippen molar-refractivity contribution in [2.45, 2.75) is 32.9 Å². The van der Waals surface area contributed by atoms with Gasteiger partial charge < -0.3 is 0 Å². The van der Waals surface area contributed by atoms with Crippen molar-refractivity contribution in [1.29, 1.82) is 0 Å². The Labute approximate surface area is 110 Å². The lowest BCUT2D eigenvalue weighted by molar-refractivity contribution is -0.171. The van der Waals surface area contributed by atoms with Crippen molar-refractivity contribution in [2.24, 2.45) is 5.92 Å². The maximum absolute atomic E-state index is 11.9. The molecule has 0 aromatic carbocycles. The fraction of sp³-hybridized carbons (Fsp3) is 0.429. The fourth-order valence-electron chi connectivity index (χ4n) is 0.998. The van der Waals surface area contributed by atoms with Crippen LogP contribution in [0.4, 0.5) is 13.2 Å². The Bertz CT molecular complexity index is 390. The van der Waals surface area contributed by atoms with E-state index in [0.29, 0.717) is 5.92 Å². The molecule has 0 aromatic heterocycles. The van der Waals surface area contributed by atoms with Gasteiger partial charge in [-0.25, -0.2) is 0 Å². The minimum absolute atomic E-state index is 0.444. The summed E-state index contributed by atoms with van der Waals surface area (Å²) in [4.78, 5) is 21.5. The van der Waals surface area contributed by atoms with Gasteiger partial charge >= 0.3 is 6.18 Å². The Hall–Kier alpha value is -1.65. The highest BCUT2D eigenvalue weighted by molar-refractivity contribution is 6.06. The quantitative estimate of drug-likeness (QED) is 0.402. The highest BCUT2D eigenvalue weighted by Crippen LogP contribution is 2.17. The smallest absolute Gasteiger partial charge is 0.294 e. The molecule has 19 heavy (non-hydrogen) atoms. The van der Waals surface area contributed by atoms with E-state index in [2.05, 4.69) is 6.92 Å². The van der Waals surface area contributed by atoms with Gasteiger partial charge in [0, 0.05) is 0 Å². The van der Waals surface area contributed by atoms with Crippen LogP contribution in [0.2, 0.25) is 0 Å². The van der Waals surface area contributed by atoms with Crippen LogP contribution in [0.1, 0.15) is 26.7 Å². The molecule has 0 aliphatic heterocycles. The van der Waals surface area contributed by atoms with Crippen molar-refractivity contribution in [1.82, 2.24) is 0 Å². The molecule has 0 saturated heterocycles. The average Bonchev–Trinajstić information content (AvgIpc) is 2.31. The Morgan fingerprint density at radius 3 is 2.21 bits per heavy atom. The number of hydrogen-bond acceptors (Lipinski definition) is 2. The minimum Gasteiger partial charge on any atom is -0.294 e. The Morgan fingerprint density at radius 1 is 1.11 bits per heavy atom. The van der Waals surface area contributed by atoms with Crippen LogP contribution in [0.25, 0.3) is 0 Å². The van der Waals surface area contributed by atoms with Crippen molar-refractivity contribution in [2.75, 3.05) is 0 Å². The lowest BCUT2D eigenvalue weighted by Gasteiger charge is -2.01. The molecule has 2 nitrogen and oxygen atoms in total. The molecule has 0 aliphatic carbocycles. The number of halogens is 3. The second kappa shape index (κ2) is 8.45. The van der Waals surface area contributed by atoms with Crippen molar-refractivity contribution >= 4 is 11.6 Å². The zero-order chi connectivity index (χ0) is 14.9. The molecule has 0 aromatic rings. The minimum atomic E-state index is -4.95. The molecule has 0 heterocycles. The monoisotopic (exact) mass is 274 g/mol. The van der Waals surface area contributed by atoms with Gasteiger partial charge in [0.15, 0.2) is 5.78 Å². The predicted octanol–water partition coefficient (Wildman–Crippen LogP) is 3.79. The van der Waals surface area contributed by atoms with Crippen LogP contribution < -0.4 is 0 Å². The van der Waals surface area contributed by atoms with Gasteiger partial charge in [-0.3, -0.25) is 9.59 Å². The summed E-state index contributed by atoms with van der Waals surface area (Å²) >= 11 is 0. The van der Waals surface area contributed by atoms with E-state index < -0.39 is 24.2 Å². The first kappa shape index (κ1) is 17.4. The van der Waals surface area contributed by atoms with E-state index >= 15 is 0 Å². The van der Waals surface area contributed by atoms with Crippen molar-refractivity contribution < 1.29 is 22.8 Å². The van der Waals surface area contributed by atoms with Gasteiger partial charge in [0.1, 0.15) is 0 Å². The second-order valence-corrected chi connectivity index (χ2v) is 4.08. The third kappa shape index (κ3) is 8.99. The standard InChI is InChI=1S/C14H17F3O2/c1-3-11(2)8-6-4-5-7-9-12(18)10-13(19)14(15,16)17/h4-9,11H,3,10H2,1-2H3/b5-4+,8-6+,9-7+/t11-/m0/s1. The van der Waals surface area contributed by atoms with Gasteiger partial charge in [-0.05, 0) is 12.0 Å². The SMILES string of the molecule is CC[C@H](C)/C=C/C=C/C=C/C(=O)CC(=O)C(F)(F)F. The lowest BCUT2D eigenvalue weighted by Crippen LogP contribution is -2.24. The van der Waals surface area contributed by atoms with E-state index in [0.717, 1.165) is 12.5 Å². The Kier molecular flexibility index (Phi) is 7.72. The van der Waals surface area contributed by atoms with Crippen LogP contribution in [0.5, 0.6) is 0 Å². The van der Waals surface area contributed by atoms with Crippen molar-refractivity contribution in [3.8, 4) is 0 Å². The number of allylic oxidation sites excluding steroid dienone is 6. The first-order valence-electron chi connectivity index (χ1n) is 5.91. The summed E-state index contributed by atoms with van der Waals surface area (Å²) in [6, 6.07) is 0. The molecule has 0 N–H and O–H groups in total. The molecule has 0 bridgehead atoms. The van der Waals surface area contributed by atoms with Crippen LogP contribution in [0, 0.1) is 5.92 Å². The summed E-state index contributed by atoms with van der Waals surface area (Å²) in [5.41, 5.74) is 0. The van der Waals surface area contributed by atoms with Crippen LogP contribution in [0.15, 0.2) is 36.5 Å². The van der Waals surface area contributed by atoms with Gasteiger partial charge in [-0.1, -0.05) is 50.6 Å². The lowest BCUT2D eigenvalue weighted by atomic mass is 10.1. The predicted molar refractivity (Wildman–Crippen MR) is 67.6 cm³/mol. The Morgan fingerprint density at radius 2 is 1.68 bits per heavy atom. The number of Topliss-reactive ketones (excluding diaryl/α,β-unsaturated/α-hetero) is 1. The molecule has 0 amide bonds. The molecule has 0 aliphatic rings. The highest BCUT2D eigenvalue weighted by atomic mass is 19.4. The molecular weight excluding hydrogens is 257 g/mol. The summed E-state index contributed by atoms with van der Waals surface area (Å²) in [6.07, 6.45) is 4.15. The third-order valence-electron chi connectivity index (χ3n) is 2.35. The summed E-state index contributed by atoms with van der Waals surface area (Å²) in [5.74, 6) is -2.44. The second-order valence-electron chi connectivity index (χ2n) is 4.08. The summed E-state index contributed by atoms with van der Waals surface area (Å²) in [7, 11) is 0. The molecular formula is C14H17F3O2. The van der Waals surface area contributed by atoms with Crippen LogP contribution >= 0.6 is 0 Å². The fourth-order valence-corrected chi connectivity index (χ4v) is 0.998. The van der Waals surface area contributed by atoms with Crippen LogP contribution in [-0.4, -0.2) is 17.7 Å². The summed E-state index contributed by atoms with van der Waals surface area (Å²) in [5, 5.41) is 0. The van der Waals surface area contributed by atoms with E-state index in [1.54, 1.807) is 12.2 Å². The average molecular weight is 274 g/mol. The zero-order valence-corrected chi connectivity index (χ0v) is 10.9. The Balaban J connectivity index is 4.14. The maximum atomic E-state index is 11.9. The molecule has 1 atom stereocenters. The number of ketones is 2. The molecule has 5 heteroatoms. The topological polar surface area (TPSA) is 34.1 Å². The number of alkyl halides is 3. The van der Waals surface area contributed by atoms with Crippen LogP contribution in [-0.2, 0) is 9.59 Å². The van der Waals surface area contributed by atoms with E-state index in [9.17, 15) is 22.8 Å². The zero-order valence-electron chi connectivity index (χ0n) is 10.9. The maximum Gasteiger partial charge on any atom is 0.450 e. The molecule has 0 fully saturated rings. The normalized spacial score (nSPS) is 14.6. The van der Waals surface area contributed by atoms with Gasteiger partial charge in [-0.2, -0.15) is 13.2 Å². The first-order valence-corrected chi connectivity index (χ1v) is 5.91. The van der Waals surface area contributed by atoms with Crippen LogP contribution in [0.3, 0.4) is 0 Å². The molecule has 0 unspecified atom stereocenters. The van der Waals surface area contributed by atoms with Gasteiger partial charge in [0.05, 0.1) is 6.42 Å². The van der Waals surface area contributed by atoms with Crippen molar-refractivity contribution in [3.05, 3.63) is 36.5 Å².